The number of hydrogen-bond acceptors (Lipinski definition) is 3. The highest BCUT2D eigenvalue weighted by molar-refractivity contribution is 5.73. The molecule has 110 valence electrons. The Morgan fingerprint density at radius 3 is 2.74 bits per heavy atom. The van der Waals surface area contributed by atoms with Gasteiger partial charge in [-0.1, -0.05) is 6.42 Å². The SMILES string of the molecule is O=C(NCCOCC1CC1)NCC1CCCC(O)C1. The Labute approximate surface area is 115 Å². The third kappa shape index (κ3) is 6.25. The minimum Gasteiger partial charge on any atom is -0.393 e. The highest BCUT2D eigenvalue weighted by atomic mass is 16.5. The maximum atomic E-state index is 11.5. The zero-order valence-corrected chi connectivity index (χ0v) is 11.6. The summed E-state index contributed by atoms with van der Waals surface area (Å²) in [7, 11) is 0. The Bertz CT molecular complexity index is 282. The summed E-state index contributed by atoms with van der Waals surface area (Å²) in [5, 5.41) is 15.2. The van der Waals surface area contributed by atoms with Gasteiger partial charge >= 0.3 is 6.03 Å². The predicted molar refractivity (Wildman–Crippen MR) is 72.9 cm³/mol. The Morgan fingerprint density at radius 1 is 1.16 bits per heavy atom. The first kappa shape index (κ1) is 14.6. The zero-order valence-electron chi connectivity index (χ0n) is 11.6. The van der Waals surface area contributed by atoms with Crippen LogP contribution in [0.3, 0.4) is 0 Å². The van der Waals surface area contributed by atoms with Crippen LogP contribution in [-0.4, -0.2) is 43.5 Å². The molecule has 2 unspecified atom stereocenters. The lowest BCUT2D eigenvalue weighted by atomic mass is 9.87. The summed E-state index contributed by atoms with van der Waals surface area (Å²) in [6.45, 7) is 2.65. The Kier molecular flexibility index (Phi) is 5.92. The van der Waals surface area contributed by atoms with Crippen LogP contribution in [0, 0.1) is 11.8 Å². The van der Waals surface area contributed by atoms with Crippen molar-refractivity contribution >= 4 is 6.03 Å². The van der Waals surface area contributed by atoms with E-state index in [4.69, 9.17) is 4.74 Å². The van der Waals surface area contributed by atoms with Crippen molar-refractivity contribution in [2.24, 2.45) is 11.8 Å². The van der Waals surface area contributed by atoms with E-state index in [1.807, 2.05) is 0 Å². The van der Waals surface area contributed by atoms with Gasteiger partial charge in [-0.2, -0.15) is 0 Å². The molecule has 3 N–H and O–H groups in total. The fraction of sp³-hybridized carbons (Fsp3) is 0.929. The van der Waals surface area contributed by atoms with Gasteiger partial charge in [0.05, 0.1) is 12.7 Å². The maximum absolute atomic E-state index is 11.5. The molecule has 2 rings (SSSR count). The van der Waals surface area contributed by atoms with Crippen LogP contribution in [0.25, 0.3) is 0 Å². The van der Waals surface area contributed by atoms with Crippen molar-refractivity contribution in [3.05, 3.63) is 0 Å². The smallest absolute Gasteiger partial charge is 0.314 e. The molecule has 2 aliphatic rings. The van der Waals surface area contributed by atoms with Crippen molar-refractivity contribution in [1.82, 2.24) is 10.6 Å². The monoisotopic (exact) mass is 270 g/mol. The molecule has 0 spiro atoms. The molecule has 0 aliphatic heterocycles. The molecule has 2 atom stereocenters. The van der Waals surface area contributed by atoms with E-state index < -0.39 is 0 Å². The van der Waals surface area contributed by atoms with Crippen molar-refractivity contribution in [3.63, 3.8) is 0 Å². The predicted octanol–water partition coefficient (Wildman–Crippen LogP) is 1.26. The van der Waals surface area contributed by atoms with Gasteiger partial charge in [0.1, 0.15) is 0 Å². The molecular weight excluding hydrogens is 244 g/mol. The highest BCUT2D eigenvalue weighted by Crippen LogP contribution is 2.28. The van der Waals surface area contributed by atoms with Gasteiger partial charge in [0.25, 0.3) is 0 Å². The van der Waals surface area contributed by atoms with Gasteiger partial charge in [-0.15, -0.1) is 0 Å². The van der Waals surface area contributed by atoms with Crippen LogP contribution in [-0.2, 0) is 4.74 Å². The third-order valence-electron chi connectivity index (χ3n) is 3.89. The quantitative estimate of drug-likeness (QED) is 0.610. The minimum atomic E-state index is -0.181. The van der Waals surface area contributed by atoms with Crippen molar-refractivity contribution < 1.29 is 14.6 Å². The van der Waals surface area contributed by atoms with Crippen LogP contribution in [0.2, 0.25) is 0 Å². The molecule has 0 heterocycles. The summed E-state index contributed by atoms with van der Waals surface area (Å²) in [6.07, 6.45) is 6.28. The second-order valence-corrected chi connectivity index (χ2v) is 5.84. The topological polar surface area (TPSA) is 70.6 Å². The number of aliphatic hydroxyl groups excluding tert-OH is 1. The summed E-state index contributed by atoms with van der Waals surface area (Å²) >= 11 is 0. The molecule has 2 aliphatic carbocycles. The van der Waals surface area contributed by atoms with Gasteiger partial charge in [-0.05, 0) is 43.9 Å². The minimum absolute atomic E-state index is 0.130. The summed E-state index contributed by atoms with van der Waals surface area (Å²) in [5.74, 6) is 1.19. The maximum Gasteiger partial charge on any atom is 0.314 e. The lowest BCUT2D eigenvalue weighted by Gasteiger charge is -2.25. The fourth-order valence-electron chi connectivity index (χ4n) is 2.52. The fourth-order valence-corrected chi connectivity index (χ4v) is 2.52. The van der Waals surface area contributed by atoms with Crippen LogP contribution >= 0.6 is 0 Å². The van der Waals surface area contributed by atoms with Gasteiger partial charge in [0.2, 0.25) is 0 Å². The van der Waals surface area contributed by atoms with E-state index in [0.29, 0.717) is 25.6 Å². The molecule has 0 aromatic carbocycles. The van der Waals surface area contributed by atoms with E-state index in [-0.39, 0.29) is 12.1 Å². The number of urea groups is 1. The zero-order chi connectivity index (χ0) is 13.5. The summed E-state index contributed by atoms with van der Waals surface area (Å²) < 4.78 is 5.44. The summed E-state index contributed by atoms with van der Waals surface area (Å²) in [6, 6.07) is -0.130. The molecule has 0 saturated heterocycles. The molecule has 0 aromatic heterocycles. The first-order chi connectivity index (χ1) is 9.24. The van der Waals surface area contributed by atoms with E-state index in [9.17, 15) is 9.90 Å². The molecule has 2 amide bonds. The van der Waals surface area contributed by atoms with Gasteiger partial charge in [-0.3, -0.25) is 0 Å². The Balaban J connectivity index is 1.44. The molecule has 19 heavy (non-hydrogen) atoms. The molecule has 5 nitrogen and oxygen atoms in total. The molecule has 5 heteroatoms. The molecule has 2 fully saturated rings. The number of ether oxygens (including phenoxy) is 1. The van der Waals surface area contributed by atoms with Crippen molar-refractivity contribution in [3.8, 4) is 0 Å². The second kappa shape index (κ2) is 7.70. The van der Waals surface area contributed by atoms with E-state index in [1.165, 1.54) is 12.8 Å². The van der Waals surface area contributed by atoms with E-state index in [1.54, 1.807) is 0 Å². The van der Waals surface area contributed by atoms with Gasteiger partial charge in [0.15, 0.2) is 0 Å². The summed E-state index contributed by atoms with van der Waals surface area (Å²) in [5.41, 5.74) is 0. The van der Waals surface area contributed by atoms with Gasteiger partial charge < -0.3 is 20.5 Å². The average molecular weight is 270 g/mol. The van der Waals surface area contributed by atoms with Crippen LogP contribution in [0.5, 0.6) is 0 Å². The number of amides is 2. The first-order valence-electron chi connectivity index (χ1n) is 7.51. The summed E-state index contributed by atoms with van der Waals surface area (Å²) in [4.78, 5) is 11.5. The second-order valence-electron chi connectivity index (χ2n) is 5.84. The number of carbonyl (C=O) groups excluding carboxylic acids is 1. The molecule has 2 saturated carbocycles. The first-order valence-corrected chi connectivity index (χ1v) is 7.51. The van der Waals surface area contributed by atoms with Crippen LogP contribution in [0.15, 0.2) is 0 Å². The van der Waals surface area contributed by atoms with Crippen molar-refractivity contribution in [2.45, 2.75) is 44.6 Å². The number of nitrogens with one attached hydrogen (secondary N) is 2. The lowest BCUT2D eigenvalue weighted by Crippen LogP contribution is -2.40. The molecule has 0 aromatic rings. The number of hydrogen-bond donors (Lipinski definition) is 3. The molecular formula is C14H26N2O3. The van der Waals surface area contributed by atoms with E-state index in [2.05, 4.69) is 10.6 Å². The normalized spacial score (nSPS) is 27.0. The number of rotatable bonds is 7. The molecule has 0 bridgehead atoms. The van der Waals surface area contributed by atoms with Crippen molar-refractivity contribution in [1.29, 1.82) is 0 Å². The van der Waals surface area contributed by atoms with Crippen molar-refractivity contribution in [2.75, 3.05) is 26.3 Å². The van der Waals surface area contributed by atoms with Gasteiger partial charge in [-0.25, -0.2) is 4.79 Å². The lowest BCUT2D eigenvalue weighted by molar-refractivity contribution is 0.101. The van der Waals surface area contributed by atoms with E-state index in [0.717, 1.165) is 38.2 Å². The van der Waals surface area contributed by atoms with Crippen LogP contribution < -0.4 is 10.6 Å². The van der Waals surface area contributed by atoms with Crippen LogP contribution in [0.4, 0.5) is 4.79 Å². The average Bonchev–Trinajstić information content (AvgIpc) is 3.20. The standard InChI is InChI=1S/C14H26N2O3/c17-13-3-1-2-12(8-13)9-16-14(18)15-6-7-19-10-11-4-5-11/h11-13,17H,1-10H2,(H2,15,16,18). The third-order valence-corrected chi connectivity index (χ3v) is 3.89. The largest absolute Gasteiger partial charge is 0.393 e. The number of aliphatic hydroxyl groups is 1. The Hall–Kier alpha value is -0.810. The Morgan fingerprint density at radius 2 is 2.00 bits per heavy atom. The van der Waals surface area contributed by atoms with Crippen LogP contribution in [0.1, 0.15) is 38.5 Å². The molecule has 0 radical (unpaired) electrons. The van der Waals surface area contributed by atoms with Gasteiger partial charge in [0, 0.05) is 19.7 Å². The highest BCUT2D eigenvalue weighted by Gasteiger charge is 2.21. The van der Waals surface area contributed by atoms with E-state index >= 15 is 0 Å². The number of carbonyl (C=O) groups is 1.